The number of hydrogen-bond acceptors (Lipinski definition) is 6. The number of benzene rings is 1. The molecule has 0 aliphatic rings. The quantitative estimate of drug-likeness (QED) is 0.213. The van der Waals surface area contributed by atoms with E-state index in [2.05, 4.69) is 35.5 Å². The molecule has 0 atom stereocenters. The number of hydrogen-bond donors (Lipinski definition) is 3. The Morgan fingerprint density at radius 3 is 2.82 bits per heavy atom. The van der Waals surface area contributed by atoms with Crippen LogP contribution < -0.4 is 5.32 Å². The fourth-order valence-electron chi connectivity index (χ4n) is 4.34. The monoisotopic (exact) mass is 529 g/mol. The Hall–Kier alpha value is -4.51. The molecule has 6 aromatic rings. The molecule has 1 amide bonds. The van der Waals surface area contributed by atoms with Gasteiger partial charge in [-0.15, -0.1) is 11.3 Å². The molecule has 0 bridgehead atoms. The second-order valence-electron chi connectivity index (χ2n) is 8.81. The van der Waals surface area contributed by atoms with Gasteiger partial charge in [-0.05, 0) is 36.8 Å². The molecule has 38 heavy (non-hydrogen) atoms. The fourth-order valence-corrected chi connectivity index (χ4v) is 5.11. The second-order valence-corrected chi connectivity index (χ2v) is 9.84. The number of carbonyl (C=O) groups is 1. The maximum atomic E-state index is 15.2. The third-order valence-electron chi connectivity index (χ3n) is 6.20. The highest BCUT2D eigenvalue weighted by Gasteiger charge is 2.19. The number of aromatic amines is 2. The Balaban J connectivity index is 1.40. The van der Waals surface area contributed by atoms with Gasteiger partial charge in [0.15, 0.2) is 16.6 Å². The number of anilines is 1. The summed E-state index contributed by atoms with van der Waals surface area (Å²) in [6.45, 7) is 2.02. The largest absolute Gasteiger partial charge is 0.335 e. The van der Waals surface area contributed by atoms with Crippen molar-refractivity contribution in [2.75, 3.05) is 5.32 Å². The van der Waals surface area contributed by atoms with Crippen LogP contribution in [0.4, 0.5) is 14.5 Å². The van der Waals surface area contributed by atoms with Crippen LogP contribution in [0.15, 0.2) is 55.0 Å². The molecule has 0 radical (unpaired) electrons. The van der Waals surface area contributed by atoms with Crippen LogP contribution in [0.25, 0.3) is 55.2 Å². The van der Waals surface area contributed by atoms with E-state index in [0.717, 1.165) is 34.6 Å². The predicted molar refractivity (Wildman–Crippen MR) is 144 cm³/mol. The van der Waals surface area contributed by atoms with E-state index in [1.807, 2.05) is 6.92 Å². The molecule has 6 rings (SSSR count). The number of amides is 1. The number of halogens is 2. The standard InChI is InChI=1S/C27H21F2N7OS/c1-2-3-4-23(37)32-15-9-14(12-30-13-15)17-10-18-20(11-19(17)28)35-36-25(18)27-33-24-16(7-8-31-26(24)34-27)21-5-6-22(29)38-21/h5-13H,2-4H2,1H3,(H,32,37)(H,35,36)(H,31,33,34). The minimum atomic E-state index is -0.461. The molecule has 5 aromatic heterocycles. The first-order valence-corrected chi connectivity index (χ1v) is 12.9. The third-order valence-corrected chi connectivity index (χ3v) is 7.10. The SMILES string of the molecule is CCCCC(=O)Nc1cncc(-c2cc3c(-c4nc5nccc(-c6ccc(F)s6)c5[nH]4)n[nH]c3cc2F)c1. The van der Waals surface area contributed by atoms with Crippen molar-refractivity contribution in [2.45, 2.75) is 26.2 Å². The van der Waals surface area contributed by atoms with Gasteiger partial charge in [0.25, 0.3) is 0 Å². The first kappa shape index (κ1) is 23.9. The molecular formula is C27H21F2N7OS. The van der Waals surface area contributed by atoms with Gasteiger partial charge >= 0.3 is 0 Å². The van der Waals surface area contributed by atoms with E-state index in [0.29, 0.717) is 56.8 Å². The molecule has 0 aliphatic carbocycles. The number of pyridine rings is 2. The Labute approximate surface area is 219 Å². The van der Waals surface area contributed by atoms with E-state index < -0.39 is 5.82 Å². The van der Waals surface area contributed by atoms with E-state index >= 15 is 4.39 Å². The average Bonchev–Trinajstić information content (AvgIpc) is 3.64. The Bertz CT molecular complexity index is 1810. The van der Waals surface area contributed by atoms with Crippen molar-refractivity contribution < 1.29 is 13.6 Å². The highest BCUT2D eigenvalue weighted by atomic mass is 32.1. The summed E-state index contributed by atoms with van der Waals surface area (Å²) in [5, 5.41) is 10.4. The molecule has 0 aliphatic heterocycles. The number of nitrogens with one attached hydrogen (secondary N) is 3. The topological polar surface area (TPSA) is 112 Å². The molecule has 8 nitrogen and oxygen atoms in total. The van der Waals surface area contributed by atoms with Crippen molar-refractivity contribution in [1.29, 1.82) is 0 Å². The van der Waals surface area contributed by atoms with Crippen molar-refractivity contribution >= 4 is 45.0 Å². The highest BCUT2D eigenvalue weighted by molar-refractivity contribution is 7.14. The highest BCUT2D eigenvalue weighted by Crippen LogP contribution is 2.35. The number of rotatable bonds is 7. The van der Waals surface area contributed by atoms with Gasteiger partial charge in [0.2, 0.25) is 5.91 Å². The summed E-state index contributed by atoms with van der Waals surface area (Å²) in [6, 6.07) is 9.67. The first-order chi connectivity index (χ1) is 18.5. The maximum Gasteiger partial charge on any atom is 0.224 e. The van der Waals surface area contributed by atoms with Crippen LogP contribution >= 0.6 is 11.3 Å². The lowest BCUT2D eigenvalue weighted by atomic mass is 10.0. The number of thiophene rings is 1. The molecule has 0 spiro atoms. The molecule has 0 unspecified atom stereocenters. The van der Waals surface area contributed by atoms with Crippen LogP contribution in [0, 0.1) is 10.9 Å². The minimum Gasteiger partial charge on any atom is -0.335 e. The van der Waals surface area contributed by atoms with Crippen molar-refractivity contribution in [3.63, 3.8) is 0 Å². The first-order valence-electron chi connectivity index (χ1n) is 12.0. The summed E-state index contributed by atoms with van der Waals surface area (Å²) < 4.78 is 28.8. The van der Waals surface area contributed by atoms with E-state index in [1.165, 1.54) is 18.3 Å². The number of imidazole rings is 1. The molecule has 0 fully saturated rings. The Morgan fingerprint density at radius 2 is 2.00 bits per heavy atom. The smallest absolute Gasteiger partial charge is 0.224 e. The van der Waals surface area contributed by atoms with Gasteiger partial charge in [0, 0.05) is 51.8 Å². The molecule has 190 valence electrons. The van der Waals surface area contributed by atoms with Gasteiger partial charge in [-0.1, -0.05) is 13.3 Å². The summed E-state index contributed by atoms with van der Waals surface area (Å²) in [5.41, 5.74) is 4.18. The molecule has 3 N–H and O–H groups in total. The zero-order chi connectivity index (χ0) is 26.2. The zero-order valence-corrected chi connectivity index (χ0v) is 21.0. The van der Waals surface area contributed by atoms with Crippen molar-refractivity contribution in [2.24, 2.45) is 0 Å². The summed E-state index contributed by atoms with van der Waals surface area (Å²) in [5.74, 6) is -0.130. The van der Waals surface area contributed by atoms with Crippen LogP contribution in [0.2, 0.25) is 0 Å². The van der Waals surface area contributed by atoms with Gasteiger partial charge in [-0.3, -0.25) is 14.9 Å². The molecule has 1 aromatic carbocycles. The lowest BCUT2D eigenvalue weighted by Crippen LogP contribution is -2.11. The Kier molecular flexibility index (Phi) is 6.12. The van der Waals surface area contributed by atoms with E-state index in [-0.39, 0.29) is 11.0 Å². The normalized spacial score (nSPS) is 11.4. The van der Waals surface area contributed by atoms with Crippen LogP contribution in [0.1, 0.15) is 26.2 Å². The van der Waals surface area contributed by atoms with Crippen LogP contribution in [-0.4, -0.2) is 36.0 Å². The lowest BCUT2D eigenvalue weighted by Gasteiger charge is -2.08. The minimum absolute atomic E-state index is 0.109. The molecule has 11 heteroatoms. The van der Waals surface area contributed by atoms with Crippen LogP contribution in [-0.2, 0) is 4.79 Å². The van der Waals surface area contributed by atoms with Crippen LogP contribution in [0.3, 0.4) is 0 Å². The van der Waals surface area contributed by atoms with E-state index in [1.54, 1.807) is 36.7 Å². The summed E-state index contributed by atoms with van der Waals surface area (Å²) >= 11 is 1.04. The number of fused-ring (bicyclic) bond motifs is 2. The number of H-pyrrole nitrogens is 2. The fraction of sp³-hybridized carbons (Fsp3) is 0.148. The lowest BCUT2D eigenvalue weighted by molar-refractivity contribution is -0.116. The number of unbranched alkanes of at least 4 members (excludes halogenated alkanes) is 1. The second kappa shape index (κ2) is 9.75. The van der Waals surface area contributed by atoms with E-state index in [9.17, 15) is 9.18 Å². The van der Waals surface area contributed by atoms with Crippen LogP contribution in [0.5, 0.6) is 0 Å². The van der Waals surface area contributed by atoms with E-state index in [4.69, 9.17) is 0 Å². The summed E-state index contributed by atoms with van der Waals surface area (Å²) in [7, 11) is 0. The third kappa shape index (κ3) is 4.41. The summed E-state index contributed by atoms with van der Waals surface area (Å²) in [6.07, 6.45) is 6.82. The van der Waals surface area contributed by atoms with Gasteiger partial charge in [-0.2, -0.15) is 9.49 Å². The molecule has 5 heterocycles. The van der Waals surface area contributed by atoms with Gasteiger partial charge in [0.05, 0.1) is 22.9 Å². The van der Waals surface area contributed by atoms with Crippen molar-refractivity contribution in [3.05, 3.63) is 65.9 Å². The van der Waals surface area contributed by atoms with Crippen molar-refractivity contribution in [3.8, 4) is 33.1 Å². The summed E-state index contributed by atoms with van der Waals surface area (Å²) in [4.78, 5) is 29.3. The maximum absolute atomic E-state index is 15.2. The number of nitrogens with zero attached hydrogens (tertiary/aromatic N) is 4. The Morgan fingerprint density at radius 1 is 1.11 bits per heavy atom. The molecule has 0 saturated carbocycles. The van der Waals surface area contributed by atoms with Crippen molar-refractivity contribution in [1.82, 2.24) is 30.1 Å². The van der Waals surface area contributed by atoms with Gasteiger partial charge in [0.1, 0.15) is 11.5 Å². The van der Waals surface area contributed by atoms with Gasteiger partial charge < -0.3 is 10.3 Å². The van der Waals surface area contributed by atoms with Gasteiger partial charge in [-0.25, -0.2) is 14.4 Å². The number of aromatic nitrogens is 6. The predicted octanol–water partition coefficient (Wildman–Crippen LogP) is 6.70. The molecular weight excluding hydrogens is 508 g/mol. The molecule has 0 saturated heterocycles. The zero-order valence-electron chi connectivity index (χ0n) is 20.2. The number of carbonyl (C=O) groups excluding carboxylic acids is 1. The average molecular weight is 530 g/mol.